The van der Waals surface area contributed by atoms with Crippen LogP contribution in [-0.4, -0.2) is 24.1 Å². The van der Waals surface area contributed by atoms with Crippen LogP contribution in [0.2, 0.25) is 0 Å². The van der Waals surface area contributed by atoms with Gasteiger partial charge in [-0.1, -0.05) is 25.1 Å². The Kier molecular flexibility index (Phi) is 3.10. The number of nitrogens with zero attached hydrogens (tertiary/aromatic N) is 1. The van der Waals surface area contributed by atoms with Crippen molar-refractivity contribution in [2.75, 3.05) is 13.2 Å². The molecule has 1 atom stereocenters. The molecule has 1 aromatic carbocycles. The van der Waals surface area contributed by atoms with Gasteiger partial charge in [0, 0.05) is 30.6 Å². The van der Waals surface area contributed by atoms with Gasteiger partial charge in [0.1, 0.15) is 0 Å². The van der Waals surface area contributed by atoms with E-state index in [0.717, 1.165) is 19.6 Å². The summed E-state index contributed by atoms with van der Waals surface area (Å²) in [4.78, 5) is 0. The first-order chi connectivity index (χ1) is 8.75. The van der Waals surface area contributed by atoms with E-state index >= 15 is 0 Å². The summed E-state index contributed by atoms with van der Waals surface area (Å²) in [7, 11) is 2.10. The molecule has 0 N–H and O–H groups in total. The van der Waals surface area contributed by atoms with E-state index in [4.69, 9.17) is 9.47 Å². The van der Waals surface area contributed by atoms with Crippen molar-refractivity contribution in [1.82, 2.24) is 4.57 Å². The Labute approximate surface area is 107 Å². The first-order valence-corrected chi connectivity index (χ1v) is 6.53. The molecule has 1 aromatic heterocycles. The number of hydrogen-bond donors (Lipinski definition) is 0. The third-order valence-electron chi connectivity index (χ3n) is 3.70. The third kappa shape index (κ3) is 2.04. The zero-order chi connectivity index (χ0) is 12.5. The van der Waals surface area contributed by atoms with E-state index in [9.17, 15) is 0 Å². The molecular formula is C15H19NO2. The van der Waals surface area contributed by atoms with Crippen LogP contribution >= 0.6 is 0 Å². The zero-order valence-corrected chi connectivity index (χ0v) is 10.9. The van der Waals surface area contributed by atoms with Crippen LogP contribution in [0.4, 0.5) is 0 Å². The number of benzene rings is 1. The quantitative estimate of drug-likeness (QED) is 0.829. The van der Waals surface area contributed by atoms with Crippen LogP contribution in [0.25, 0.3) is 10.9 Å². The Bertz CT molecular complexity index is 540. The van der Waals surface area contributed by atoms with Crippen LogP contribution in [0.5, 0.6) is 0 Å². The highest BCUT2D eigenvalue weighted by atomic mass is 16.7. The fourth-order valence-corrected chi connectivity index (χ4v) is 2.72. The van der Waals surface area contributed by atoms with E-state index in [1.54, 1.807) is 0 Å². The van der Waals surface area contributed by atoms with Crippen molar-refractivity contribution in [3.63, 3.8) is 0 Å². The lowest BCUT2D eigenvalue weighted by atomic mass is 9.97. The van der Waals surface area contributed by atoms with Crippen molar-refractivity contribution in [1.29, 1.82) is 0 Å². The standard InChI is InChI=1S/C15H19NO2/c1-11(9-15-17-7-8-18-15)13-10-16(2)14-6-4-3-5-12(13)14/h3-6,10-11,15H,7-9H2,1-2H3. The minimum absolute atomic E-state index is 0.0287. The van der Waals surface area contributed by atoms with E-state index < -0.39 is 0 Å². The average molecular weight is 245 g/mol. The second kappa shape index (κ2) is 4.75. The topological polar surface area (TPSA) is 23.4 Å². The van der Waals surface area contributed by atoms with E-state index in [0.29, 0.717) is 5.92 Å². The number of fused-ring (bicyclic) bond motifs is 1. The molecule has 2 aromatic rings. The molecule has 1 unspecified atom stereocenters. The summed E-state index contributed by atoms with van der Waals surface area (Å²) in [6, 6.07) is 8.53. The molecule has 1 fully saturated rings. The molecular weight excluding hydrogens is 226 g/mol. The van der Waals surface area contributed by atoms with Crippen LogP contribution < -0.4 is 0 Å². The first kappa shape index (κ1) is 11.8. The Hall–Kier alpha value is -1.32. The average Bonchev–Trinajstić information content (AvgIpc) is 2.98. The Morgan fingerprint density at radius 3 is 2.78 bits per heavy atom. The number of aryl methyl sites for hydroxylation is 1. The van der Waals surface area contributed by atoms with Gasteiger partial charge in [-0.2, -0.15) is 0 Å². The summed E-state index contributed by atoms with van der Waals surface area (Å²) in [5, 5.41) is 1.34. The monoisotopic (exact) mass is 245 g/mol. The summed E-state index contributed by atoms with van der Waals surface area (Å²) in [6.07, 6.45) is 3.12. The fraction of sp³-hybridized carbons (Fsp3) is 0.467. The van der Waals surface area contributed by atoms with Crippen molar-refractivity contribution in [3.05, 3.63) is 36.0 Å². The summed E-state index contributed by atoms with van der Waals surface area (Å²) in [6.45, 7) is 3.70. The molecule has 0 saturated carbocycles. The number of rotatable bonds is 3. The van der Waals surface area contributed by atoms with Gasteiger partial charge in [0.2, 0.25) is 0 Å². The Morgan fingerprint density at radius 1 is 1.28 bits per heavy atom. The van der Waals surface area contributed by atoms with E-state index in [2.05, 4.69) is 49.0 Å². The van der Waals surface area contributed by atoms with Crippen LogP contribution in [-0.2, 0) is 16.5 Å². The maximum Gasteiger partial charge on any atom is 0.158 e. The van der Waals surface area contributed by atoms with Crippen LogP contribution in [0.3, 0.4) is 0 Å². The minimum atomic E-state index is -0.0287. The molecule has 3 heteroatoms. The van der Waals surface area contributed by atoms with E-state index in [1.165, 1.54) is 16.5 Å². The van der Waals surface area contributed by atoms with Crippen molar-refractivity contribution >= 4 is 10.9 Å². The second-order valence-electron chi connectivity index (χ2n) is 5.02. The molecule has 2 heterocycles. The fourth-order valence-electron chi connectivity index (χ4n) is 2.72. The molecule has 0 radical (unpaired) electrons. The van der Waals surface area contributed by atoms with Crippen molar-refractivity contribution in [2.45, 2.75) is 25.6 Å². The number of para-hydroxylation sites is 1. The molecule has 0 amide bonds. The normalized spacial score (nSPS) is 18.6. The molecule has 0 spiro atoms. The molecule has 3 rings (SSSR count). The predicted octanol–water partition coefficient (Wildman–Crippen LogP) is 3.04. The van der Waals surface area contributed by atoms with Gasteiger partial charge in [0.15, 0.2) is 6.29 Å². The lowest BCUT2D eigenvalue weighted by molar-refractivity contribution is -0.0500. The molecule has 1 saturated heterocycles. The minimum Gasteiger partial charge on any atom is -0.350 e. The molecule has 0 bridgehead atoms. The van der Waals surface area contributed by atoms with Gasteiger partial charge < -0.3 is 14.0 Å². The maximum absolute atomic E-state index is 5.53. The van der Waals surface area contributed by atoms with E-state index in [-0.39, 0.29) is 6.29 Å². The van der Waals surface area contributed by atoms with Crippen molar-refractivity contribution < 1.29 is 9.47 Å². The third-order valence-corrected chi connectivity index (χ3v) is 3.70. The van der Waals surface area contributed by atoms with Gasteiger partial charge in [-0.05, 0) is 17.5 Å². The predicted molar refractivity (Wildman–Crippen MR) is 71.6 cm³/mol. The summed E-state index contributed by atoms with van der Waals surface area (Å²) in [5.41, 5.74) is 2.67. The molecule has 0 aliphatic carbocycles. The maximum atomic E-state index is 5.53. The molecule has 18 heavy (non-hydrogen) atoms. The molecule has 3 nitrogen and oxygen atoms in total. The highest BCUT2D eigenvalue weighted by Crippen LogP contribution is 2.31. The Morgan fingerprint density at radius 2 is 2.00 bits per heavy atom. The van der Waals surface area contributed by atoms with Crippen LogP contribution in [0.1, 0.15) is 24.8 Å². The lowest BCUT2D eigenvalue weighted by Crippen LogP contribution is -2.11. The molecule has 1 aliphatic heterocycles. The number of ether oxygens (including phenoxy) is 2. The van der Waals surface area contributed by atoms with E-state index in [1.807, 2.05) is 0 Å². The highest BCUT2D eigenvalue weighted by molar-refractivity contribution is 5.84. The Balaban J connectivity index is 1.88. The van der Waals surface area contributed by atoms with Gasteiger partial charge in [-0.25, -0.2) is 0 Å². The number of hydrogen-bond acceptors (Lipinski definition) is 2. The first-order valence-electron chi connectivity index (χ1n) is 6.53. The number of aromatic nitrogens is 1. The smallest absolute Gasteiger partial charge is 0.158 e. The summed E-state index contributed by atoms with van der Waals surface area (Å²) < 4.78 is 13.3. The lowest BCUT2D eigenvalue weighted by Gasteiger charge is -2.15. The second-order valence-corrected chi connectivity index (χ2v) is 5.02. The SMILES string of the molecule is CC(CC1OCCO1)c1cn(C)c2ccccc12. The van der Waals surface area contributed by atoms with Gasteiger partial charge >= 0.3 is 0 Å². The van der Waals surface area contributed by atoms with Crippen LogP contribution in [0, 0.1) is 0 Å². The molecule has 1 aliphatic rings. The zero-order valence-electron chi connectivity index (χ0n) is 10.9. The molecule has 96 valence electrons. The summed E-state index contributed by atoms with van der Waals surface area (Å²) in [5.74, 6) is 0.444. The van der Waals surface area contributed by atoms with Crippen molar-refractivity contribution in [2.24, 2.45) is 7.05 Å². The van der Waals surface area contributed by atoms with Gasteiger partial charge in [0.05, 0.1) is 13.2 Å². The van der Waals surface area contributed by atoms with Gasteiger partial charge in [-0.3, -0.25) is 0 Å². The summed E-state index contributed by atoms with van der Waals surface area (Å²) >= 11 is 0. The highest BCUT2D eigenvalue weighted by Gasteiger charge is 2.21. The van der Waals surface area contributed by atoms with Crippen LogP contribution in [0.15, 0.2) is 30.5 Å². The van der Waals surface area contributed by atoms with Gasteiger partial charge in [0.25, 0.3) is 0 Å². The van der Waals surface area contributed by atoms with Crippen molar-refractivity contribution in [3.8, 4) is 0 Å². The largest absolute Gasteiger partial charge is 0.350 e. The van der Waals surface area contributed by atoms with Gasteiger partial charge in [-0.15, -0.1) is 0 Å².